The highest BCUT2D eigenvalue weighted by Gasteiger charge is 2.53. The third kappa shape index (κ3) is 10.7. The van der Waals surface area contributed by atoms with Crippen LogP contribution in [0.5, 0.6) is 0 Å². The smallest absolute Gasteiger partial charge is 0.408 e. The van der Waals surface area contributed by atoms with Crippen LogP contribution >= 0.6 is 0 Å². The summed E-state index contributed by atoms with van der Waals surface area (Å²) in [5.74, 6) is -7.13. The number of nitrogens with zero attached hydrogens (tertiary/aromatic N) is 1. The molecular formula is C26H34N4O12. The molecule has 0 aromatic heterocycles. The number of carbonyl (C=O) groups is 7. The van der Waals surface area contributed by atoms with Crippen LogP contribution < -0.4 is 16.1 Å². The second kappa shape index (κ2) is 15.9. The first-order valence-electron chi connectivity index (χ1n) is 13.0. The van der Waals surface area contributed by atoms with E-state index in [9.17, 15) is 38.7 Å². The van der Waals surface area contributed by atoms with Gasteiger partial charge in [0.2, 0.25) is 5.91 Å². The van der Waals surface area contributed by atoms with E-state index in [2.05, 4.69) is 16.1 Å². The van der Waals surface area contributed by atoms with Gasteiger partial charge in [-0.15, -0.1) is 0 Å². The number of amides is 4. The van der Waals surface area contributed by atoms with E-state index < -0.39 is 84.9 Å². The molecule has 1 aliphatic heterocycles. The highest BCUT2D eigenvalue weighted by molar-refractivity contribution is 5.96. The number of nitrogens with one attached hydrogen (secondary N) is 3. The number of aliphatic carboxylic acids is 2. The van der Waals surface area contributed by atoms with E-state index in [1.165, 1.54) is 0 Å². The summed E-state index contributed by atoms with van der Waals surface area (Å²) in [5.41, 5.74) is 2.80. The molecule has 230 valence electrons. The molecule has 2 rings (SSSR count). The molecule has 0 spiro atoms. The minimum Gasteiger partial charge on any atom is -0.481 e. The molecule has 1 heterocycles. The lowest BCUT2D eigenvalue weighted by molar-refractivity contribution is -0.151. The number of epoxide rings is 1. The molecule has 1 saturated heterocycles. The summed E-state index contributed by atoms with van der Waals surface area (Å²) in [7, 11) is 0. The van der Waals surface area contributed by atoms with Crippen LogP contribution in [-0.4, -0.2) is 94.4 Å². The van der Waals surface area contributed by atoms with Gasteiger partial charge in [-0.1, -0.05) is 44.2 Å². The molecule has 1 fully saturated rings. The van der Waals surface area contributed by atoms with Crippen molar-refractivity contribution in [1.29, 1.82) is 0 Å². The molecule has 4 atom stereocenters. The van der Waals surface area contributed by atoms with Gasteiger partial charge in [-0.25, -0.2) is 14.6 Å². The molecule has 16 nitrogen and oxygen atoms in total. The van der Waals surface area contributed by atoms with E-state index in [1.807, 2.05) is 0 Å². The van der Waals surface area contributed by atoms with Gasteiger partial charge < -0.3 is 35.1 Å². The number of esters is 1. The molecule has 42 heavy (non-hydrogen) atoms. The van der Waals surface area contributed by atoms with Crippen LogP contribution in [0.25, 0.3) is 0 Å². The molecule has 4 amide bonds. The summed E-state index contributed by atoms with van der Waals surface area (Å²) in [5, 5.41) is 23.4. The number of rotatable bonds is 15. The van der Waals surface area contributed by atoms with Crippen LogP contribution in [0.1, 0.15) is 39.2 Å². The zero-order valence-electron chi connectivity index (χ0n) is 23.2. The Labute approximate surface area is 240 Å². The SMILES string of the molecule is CCOC(=O)[C@H]1O[C@@H]1C(=O)N(CC(=O)O)NC(=O)C(NC(=O)C(CCC(=O)O)NC(=O)OCc1ccccc1)C(C)C. The Morgan fingerprint density at radius 1 is 0.929 bits per heavy atom. The van der Waals surface area contributed by atoms with Crippen molar-refractivity contribution in [1.82, 2.24) is 21.1 Å². The second-order valence-corrected chi connectivity index (χ2v) is 9.44. The molecule has 0 bridgehead atoms. The molecule has 16 heteroatoms. The zero-order valence-corrected chi connectivity index (χ0v) is 23.2. The fourth-order valence-corrected chi connectivity index (χ4v) is 3.60. The largest absolute Gasteiger partial charge is 0.481 e. The van der Waals surface area contributed by atoms with Crippen molar-refractivity contribution in [2.75, 3.05) is 13.2 Å². The molecule has 1 aliphatic rings. The number of carboxylic acid groups (broad SMARTS) is 2. The summed E-state index contributed by atoms with van der Waals surface area (Å²) in [6, 6.07) is 5.87. The maximum Gasteiger partial charge on any atom is 0.408 e. The highest BCUT2D eigenvalue weighted by atomic mass is 16.6. The Morgan fingerprint density at radius 2 is 1.60 bits per heavy atom. The zero-order chi connectivity index (χ0) is 31.4. The van der Waals surface area contributed by atoms with Crippen LogP contribution in [0, 0.1) is 5.92 Å². The van der Waals surface area contributed by atoms with E-state index in [-0.39, 0.29) is 19.6 Å². The van der Waals surface area contributed by atoms with Crippen molar-refractivity contribution in [3.63, 3.8) is 0 Å². The van der Waals surface area contributed by atoms with Crippen LogP contribution in [0.2, 0.25) is 0 Å². The van der Waals surface area contributed by atoms with Gasteiger partial charge in [0.1, 0.15) is 25.2 Å². The van der Waals surface area contributed by atoms with Gasteiger partial charge in [0.15, 0.2) is 12.2 Å². The molecule has 2 unspecified atom stereocenters. The Morgan fingerprint density at radius 3 is 2.17 bits per heavy atom. The molecule has 0 radical (unpaired) electrons. The first kappa shape index (κ1) is 33.5. The minimum atomic E-state index is -1.49. The van der Waals surface area contributed by atoms with Crippen molar-refractivity contribution >= 4 is 41.7 Å². The monoisotopic (exact) mass is 594 g/mol. The molecule has 0 aliphatic carbocycles. The lowest BCUT2D eigenvalue weighted by Crippen LogP contribution is -2.59. The molecule has 5 N–H and O–H groups in total. The lowest BCUT2D eigenvalue weighted by Gasteiger charge is -2.28. The Hall–Kier alpha value is -4.73. The maximum absolute atomic E-state index is 13.1. The number of benzene rings is 1. The summed E-state index contributed by atoms with van der Waals surface area (Å²) in [6.45, 7) is 3.55. The summed E-state index contributed by atoms with van der Waals surface area (Å²) in [6.07, 6.45) is -4.48. The van der Waals surface area contributed by atoms with Crippen molar-refractivity contribution in [3.8, 4) is 0 Å². The number of carbonyl (C=O) groups excluding carboxylic acids is 5. The number of carboxylic acids is 2. The first-order chi connectivity index (χ1) is 19.8. The summed E-state index contributed by atoms with van der Waals surface area (Å²) < 4.78 is 14.9. The number of alkyl carbamates (subject to hydrolysis) is 1. The fourth-order valence-electron chi connectivity index (χ4n) is 3.60. The van der Waals surface area contributed by atoms with Gasteiger partial charge in [0, 0.05) is 6.42 Å². The van der Waals surface area contributed by atoms with Crippen LogP contribution in [0.15, 0.2) is 30.3 Å². The van der Waals surface area contributed by atoms with Gasteiger partial charge in [0.25, 0.3) is 11.8 Å². The average Bonchev–Trinajstić information content (AvgIpc) is 3.73. The van der Waals surface area contributed by atoms with Gasteiger partial charge in [-0.05, 0) is 24.8 Å². The lowest BCUT2D eigenvalue weighted by atomic mass is 10.0. The third-order valence-electron chi connectivity index (χ3n) is 5.77. The Bertz CT molecular complexity index is 1160. The van der Waals surface area contributed by atoms with Crippen molar-refractivity contribution in [3.05, 3.63) is 35.9 Å². The van der Waals surface area contributed by atoms with Crippen molar-refractivity contribution in [2.45, 2.75) is 64.5 Å². The topological polar surface area (TPSA) is 230 Å². The predicted molar refractivity (Wildman–Crippen MR) is 140 cm³/mol. The van der Waals surface area contributed by atoms with E-state index in [1.54, 1.807) is 51.1 Å². The van der Waals surface area contributed by atoms with Crippen LogP contribution in [0.4, 0.5) is 4.79 Å². The van der Waals surface area contributed by atoms with Crippen LogP contribution in [-0.2, 0) is 49.6 Å². The minimum absolute atomic E-state index is 0.0258. The first-order valence-corrected chi connectivity index (χ1v) is 13.0. The number of hydrogen-bond donors (Lipinski definition) is 5. The van der Waals surface area contributed by atoms with E-state index >= 15 is 0 Å². The van der Waals surface area contributed by atoms with Crippen LogP contribution in [0.3, 0.4) is 0 Å². The molecule has 1 aromatic carbocycles. The van der Waals surface area contributed by atoms with Crippen molar-refractivity contribution < 1.29 is 58.0 Å². The van der Waals surface area contributed by atoms with E-state index in [4.69, 9.17) is 19.3 Å². The number of hydrogen-bond acceptors (Lipinski definition) is 10. The van der Waals surface area contributed by atoms with Gasteiger partial charge in [-0.2, -0.15) is 0 Å². The average molecular weight is 595 g/mol. The fraction of sp³-hybridized carbons (Fsp3) is 0.500. The quantitative estimate of drug-likeness (QED) is 0.0989. The Kier molecular flexibility index (Phi) is 12.7. The highest BCUT2D eigenvalue weighted by Crippen LogP contribution is 2.25. The van der Waals surface area contributed by atoms with E-state index in [0.29, 0.717) is 10.6 Å². The third-order valence-corrected chi connectivity index (χ3v) is 5.77. The second-order valence-electron chi connectivity index (χ2n) is 9.44. The van der Waals surface area contributed by atoms with Gasteiger partial charge in [-0.3, -0.25) is 29.4 Å². The standard InChI is InChI=1S/C26H34N4O12/c1-4-40-25(38)21-20(42-21)24(37)30(12-18(33)34)29-23(36)19(14(2)3)28-22(35)16(10-11-17(31)32)27-26(39)41-13-15-8-6-5-7-9-15/h5-9,14,16,19-21H,4,10-13H2,1-3H3,(H,27,39)(H,28,35)(H,29,36)(H,31,32)(H,33,34)/t16?,19?,20-,21-/m0/s1. The predicted octanol–water partition coefficient (Wildman–Crippen LogP) is -0.438. The maximum atomic E-state index is 13.1. The normalized spacial score (nSPS) is 16.8. The molecule has 0 saturated carbocycles. The Balaban J connectivity index is 2.09. The summed E-state index contributed by atoms with van der Waals surface area (Å²) in [4.78, 5) is 85.6. The molecular weight excluding hydrogens is 560 g/mol. The van der Waals surface area contributed by atoms with E-state index in [0.717, 1.165) is 0 Å². The molecule has 1 aromatic rings. The van der Waals surface area contributed by atoms with Crippen molar-refractivity contribution in [2.24, 2.45) is 5.92 Å². The summed E-state index contributed by atoms with van der Waals surface area (Å²) >= 11 is 0. The number of ether oxygens (including phenoxy) is 3. The van der Waals surface area contributed by atoms with Gasteiger partial charge >= 0.3 is 24.0 Å². The number of hydrazine groups is 1. The van der Waals surface area contributed by atoms with Gasteiger partial charge in [0.05, 0.1) is 6.61 Å².